The molecule has 0 unspecified atom stereocenters. The maximum absolute atomic E-state index is 13.1. The maximum atomic E-state index is 13.1. The van der Waals surface area contributed by atoms with E-state index in [1.807, 2.05) is 6.92 Å². The zero-order valence-electron chi connectivity index (χ0n) is 10.1. The van der Waals surface area contributed by atoms with Gasteiger partial charge in [0.25, 0.3) is 0 Å². The monoisotopic (exact) mass is 232 g/mol. The van der Waals surface area contributed by atoms with E-state index in [1.54, 1.807) is 12.1 Å². The highest BCUT2D eigenvalue weighted by atomic mass is 19.1. The summed E-state index contributed by atoms with van der Waals surface area (Å²) in [7, 11) is 0. The van der Waals surface area contributed by atoms with Crippen LogP contribution in [0.1, 0.15) is 48.0 Å². The third kappa shape index (κ3) is 3.02. The molecule has 1 aliphatic rings. The van der Waals surface area contributed by atoms with E-state index < -0.39 is 0 Å². The van der Waals surface area contributed by atoms with Crippen LogP contribution in [0, 0.1) is 12.7 Å². The third-order valence-electron chi connectivity index (χ3n) is 3.30. The third-order valence-corrected chi connectivity index (χ3v) is 3.30. The minimum absolute atomic E-state index is 0.0566. The molecule has 1 fully saturated rings. The van der Waals surface area contributed by atoms with Crippen LogP contribution in [0.5, 0.6) is 0 Å². The fourth-order valence-corrected chi connectivity index (χ4v) is 2.27. The van der Waals surface area contributed by atoms with Crippen LogP contribution in [0.3, 0.4) is 0 Å². The van der Waals surface area contributed by atoms with E-state index in [2.05, 4.69) is 0 Å². The Morgan fingerprint density at radius 3 is 2.65 bits per heavy atom. The molecular weight excluding hydrogens is 215 g/mol. The standard InChI is InChI=1S/C15H17FO/c1-11-7-8-13(16)10-14(11)15(17)9-12-5-3-2-4-6-12/h7-10H,2-6H2,1H3. The maximum Gasteiger partial charge on any atom is 0.186 e. The van der Waals surface area contributed by atoms with Crippen molar-refractivity contribution < 1.29 is 9.18 Å². The Labute approximate surface area is 101 Å². The van der Waals surface area contributed by atoms with Gasteiger partial charge in [0.05, 0.1) is 0 Å². The summed E-state index contributed by atoms with van der Waals surface area (Å²) in [5.41, 5.74) is 2.54. The normalized spacial score (nSPS) is 15.8. The average Bonchev–Trinajstić information content (AvgIpc) is 2.33. The lowest BCUT2D eigenvalue weighted by molar-refractivity contribution is 0.104. The van der Waals surface area contributed by atoms with E-state index in [-0.39, 0.29) is 11.6 Å². The molecule has 0 saturated heterocycles. The Bertz CT molecular complexity index is 452. The van der Waals surface area contributed by atoms with Crippen LogP contribution in [-0.4, -0.2) is 5.78 Å². The van der Waals surface area contributed by atoms with Gasteiger partial charge in [0, 0.05) is 5.56 Å². The highest BCUT2D eigenvalue weighted by molar-refractivity contribution is 6.05. The van der Waals surface area contributed by atoms with Crippen molar-refractivity contribution in [1.29, 1.82) is 0 Å². The van der Waals surface area contributed by atoms with Gasteiger partial charge in [-0.1, -0.05) is 18.1 Å². The summed E-state index contributed by atoms with van der Waals surface area (Å²) >= 11 is 0. The summed E-state index contributed by atoms with van der Waals surface area (Å²) in [6, 6.07) is 4.37. The number of hydrogen-bond acceptors (Lipinski definition) is 1. The summed E-state index contributed by atoms with van der Waals surface area (Å²) in [5.74, 6) is -0.403. The van der Waals surface area contributed by atoms with Crippen molar-refractivity contribution in [2.24, 2.45) is 0 Å². The second-order valence-corrected chi connectivity index (χ2v) is 4.69. The minimum Gasteiger partial charge on any atom is -0.289 e. The Hall–Kier alpha value is -1.44. The number of carbonyl (C=O) groups excluding carboxylic acids is 1. The number of benzene rings is 1. The van der Waals surface area contributed by atoms with E-state index in [0.29, 0.717) is 5.56 Å². The summed E-state index contributed by atoms with van der Waals surface area (Å²) in [4.78, 5) is 12.0. The molecule has 90 valence electrons. The van der Waals surface area contributed by atoms with Gasteiger partial charge in [-0.3, -0.25) is 4.79 Å². The second-order valence-electron chi connectivity index (χ2n) is 4.69. The molecule has 0 aliphatic heterocycles. The number of aryl methyl sites for hydroxylation is 1. The van der Waals surface area contributed by atoms with Crippen LogP contribution in [0.2, 0.25) is 0 Å². The SMILES string of the molecule is Cc1ccc(F)cc1C(=O)C=C1CCCCC1. The number of rotatable bonds is 2. The molecule has 0 amide bonds. The van der Waals surface area contributed by atoms with Crippen LogP contribution < -0.4 is 0 Å². The first-order valence-electron chi connectivity index (χ1n) is 6.17. The molecule has 1 aliphatic carbocycles. The van der Waals surface area contributed by atoms with E-state index in [1.165, 1.54) is 37.0 Å². The van der Waals surface area contributed by atoms with Crippen LogP contribution in [-0.2, 0) is 0 Å². The average molecular weight is 232 g/mol. The summed E-state index contributed by atoms with van der Waals surface area (Å²) < 4.78 is 13.1. The molecule has 0 atom stereocenters. The largest absolute Gasteiger partial charge is 0.289 e. The van der Waals surface area contributed by atoms with E-state index in [4.69, 9.17) is 0 Å². The second kappa shape index (κ2) is 5.26. The van der Waals surface area contributed by atoms with Crippen molar-refractivity contribution in [3.63, 3.8) is 0 Å². The Morgan fingerprint density at radius 2 is 1.94 bits per heavy atom. The van der Waals surface area contributed by atoms with Gasteiger partial charge in [-0.15, -0.1) is 0 Å². The van der Waals surface area contributed by atoms with Crippen molar-refractivity contribution in [2.45, 2.75) is 39.0 Å². The first-order valence-corrected chi connectivity index (χ1v) is 6.17. The highest BCUT2D eigenvalue weighted by Crippen LogP contribution is 2.23. The molecule has 17 heavy (non-hydrogen) atoms. The molecule has 0 spiro atoms. The Morgan fingerprint density at radius 1 is 1.24 bits per heavy atom. The lowest BCUT2D eigenvalue weighted by atomic mass is 9.92. The van der Waals surface area contributed by atoms with Crippen molar-refractivity contribution >= 4 is 5.78 Å². The van der Waals surface area contributed by atoms with E-state index >= 15 is 0 Å². The van der Waals surface area contributed by atoms with Crippen molar-refractivity contribution in [3.05, 3.63) is 46.8 Å². The number of allylic oxidation sites excluding steroid dienone is 2. The van der Waals surface area contributed by atoms with Crippen LogP contribution in [0.25, 0.3) is 0 Å². The molecular formula is C15H17FO. The Balaban J connectivity index is 2.21. The first kappa shape index (κ1) is 12.0. The number of carbonyl (C=O) groups is 1. The van der Waals surface area contributed by atoms with E-state index in [0.717, 1.165) is 18.4 Å². The van der Waals surface area contributed by atoms with Gasteiger partial charge in [0.1, 0.15) is 5.82 Å². The van der Waals surface area contributed by atoms with Crippen molar-refractivity contribution in [3.8, 4) is 0 Å². The van der Waals surface area contributed by atoms with Crippen molar-refractivity contribution in [1.82, 2.24) is 0 Å². The zero-order chi connectivity index (χ0) is 12.3. The lowest BCUT2D eigenvalue weighted by Gasteiger charge is -2.13. The fraction of sp³-hybridized carbons (Fsp3) is 0.400. The van der Waals surface area contributed by atoms with Gasteiger partial charge in [0.15, 0.2) is 5.78 Å². The van der Waals surface area contributed by atoms with Gasteiger partial charge in [-0.05, 0) is 56.4 Å². The first-order chi connectivity index (χ1) is 8.16. The molecule has 1 aromatic carbocycles. The summed E-state index contributed by atoms with van der Waals surface area (Å²) in [5, 5.41) is 0. The predicted molar refractivity (Wildman–Crippen MR) is 66.6 cm³/mol. The van der Waals surface area contributed by atoms with E-state index in [9.17, 15) is 9.18 Å². The van der Waals surface area contributed by atoms with Crippen LogP contribution in [0.15, 0.2) is 29.8 Å². The number of hydrogen-bond donors (Lipinski definition) is 0. The smallest absolute Gasteiger partial charge is 0.186 e. The Kier molecular flexibility index (Phi) is 3.72. The summed E-state index contributed by atoms with van der Waals surface area (Å²) in [6.07, 6.45) is 7.33. The summed E-state index contributed by atoms with van der Waals surface area (Å²) in [6.45, 7) is 1.84. The molecule has 2 heteroatoms. The van der Waals surface area contributed by atoms with Crippen molar-refractivity contribution in [2.75, 3.05) is 0 Å². The molecule has 0 heterocycles. The lowest BCUT2D eigenvalue weighted by Crippen LogP contribution is -2.02. The van der Waals surface area contributed by atoms with Gasteiger partial charge in [-0.25, -0.2) is 4.39 Å². The van der Waals surface area contributed by atoms with Gasteiger partial charge >= 0.3 is 0 Å². The molecule has 0 bridgehead atoms. The highest BCUT2D eigenvalue weighted by Gasteiger charge is 2.11. The van der Waals surface area contributed by atoms with Gasteiger partial charge in [-0.2, -0.15) is 0 Å². The predicted octanol–water partition coefficient (Wildman–Crippen LogP) is 4.21. The molecule has 1 saturated carbocycles. The quantitative estimate of drug-likeness (QED) is 0.551. The molecule has 0 radical (unpaired) electrons. The van der Waals surface area contributed by atoms with Crippen LogP contribution in [0.4, 0.5) is 4.39 Å². The van der Waals surface area contributed by atoms with Gasteiger partial charge < -0.3 is 0 Å². The van der Waals surface area contributed by atoms with Crippen LogP contribution >= 0.6 is 0 Å². The zero-order valence-corrected chi connectivity index (χ0v) is 10.1. The number of ketones is 1. The topological polar surface area (TPSA) is 17.1 Å². The molecule has 1 nitrogen and oxygen atoms in total. The minimum atomic E-state index is -0.346. The fourth-order valence-electron chi connectivity index (χ4n) is 2.27. The van der Waals surface area contributed by atoms with Gasteiger partial charge in [0.2, 0.25) is 0 Å². The molecule has 0 aromatic heterocycles. The molecule has 2 rings (SSSR count). The molecule has 0 N–H and O–H groups in total. The number of halogens is 1. The molecule has 1 aromatic rings.